The zero-order valence-electron chi connectivity index (χ0n) is 11.1. The van der Waals surface area contributed by atoms with Crippen molar-refractivity contribution < 1.29 is 14.3 Å². The first-order valence-electron chi connectivity index (χ1n) is 6.31. The zero-order valence-corrected chi connectivity index (χ0v) is 11.1. The second kappa shape index (κ2) is 4.08. The number of rotatable bonds is 3. The fourth-order valence-corrected chi connectivity index (χ4v) is 3.68. The first-order valence-corrected chi connectivity index (χ1v) is 6.31. The number of ketones is 1. The van der Waals surface area contributed by atoms with Gasteiger partial charge >= 0.3 is 5.97 Å². The van der Waals surface area contributed by atoms with E-state index in [2.05, 4.69) is 20.1 Å². The number of hydrogen-bond donors (Lipinski definition) is 0. The SMILES string of the molecule is C=CC[C@H]1C[C@]2(C)C[C@@](C(=O)OC)(CC2=C)C1=O. The molecule has 2 rings (SSSR count). The van der Waals surface area contributed by atoms with Crippen LogP contribution in [-0.2, 0) is 14.3 Å². The van der Waals surface area contributed by atoms with Gasteiger partial charge in [-0.05, 0) is 31.1 Å². The van der Waals surface area contributed by atoms with E-state index >= 15 is 0 Å². The Balaban J connectivity index is 2.45. The van der Waals surface area contributed by atoms with Gasteiger partial charge in [0.25, 0.3) is 0 Å². The van der Waals surface area contributed by atoms with Gasteiger partial charge in [0.15, 0.2) is 5.78 Å². The molecule has 0 aromatic heterocycles. The highest BCUT2D eigenvalue weighted by Gasteiger charge is 2.63. The maximum Gasteiger partial charge on any atom is 0.319 e. The average molecular weight is 248 g/mol. The standard InChI is InChI=1S/C15H20O3/c1-5-6-11-8-14(3)9-15(12(11)16,7-10(14)2)13(17)18-4/h5,11H,1-2,6-9H2,3-4H3/t11-,14+,15-/m0/s1. The molecular formula is C15H20O3. The van der Waals surface area contributed by atoms with Crippen LogP contribution >= 0.6 is 0 Å². The van der Waals surface area contributed by atoms with Crippen LogP contribution in [0.1, 0.15) is 32.6 Å². The molecule has 0 aromatic carbocycles. The lowest BCUT2D eigenvalue weighted by Crippen LogP contribution is -2.46. The average Bonchev–Trinajstić information content (AvgIpc) is 2.56. The third-order valence-electron chi connectivity index (χ3n) is 4.63. The molecule has 2 aliphatic rings. The van der Waals surface area contributed by atoms with E-state index in [4.69, 9.17) is 4.74 Å². The van der Waals surface area contributed by atoms with E-state index in [0.29, 0.717) is 19.3 Å². The maximum absolute atomic E-state index is 12.6. The highest BCUT2D eigenvalue weighted by molar-refractivity contribution is 6.06. The molecular weight excluding hydrogens is 228 g/mol. The van der Waals surface area contributed by atoms with Crippen molar-refractivity contribution in [2.45, 2.75) is 32.6 Å². The summed E-state index contributed by atoms with van der Waals surface area (Å²) in [5.74, 6) is -0.504. The number of fused-ring (bicyclic) bond motifs is 2. The quantitative estimate of drug-likeness (QED) is 0.438. The first kappa shape index (κ1) is 13.1. The molecule has 0 spiro atoms. The van der Waals surface area contributed by atoms with Crippen molar-refractivity contribution in [3.05, 3.63) is 24.8 Å². The summed E-state index contributed by atoms with van der Waals surface area (Å²) in [6.45, 7) is 9.87. The monoisotopic (exact) mass is 248 g/mol. The molecule has 2 bridgehead atoms. The van der Waals surface area contributed by atoms with E-state index in [1.807, 2.05) is 0 Å². The first-order chi connectivity index (χ1) is 8.39. The van der Waals surface area contributed by atoms with Crippen LogP contribution in [0.2, 0.25) is 0 Å². The third kappa shape index (κ3) is 1.57. The fourth-order valence-electron chi connectivity index (χ4n) is 3.68. The van der Waals surface area contributed by atoms with Gasteiger partial charge in [-0.2, -0.15) is 0 Å². The number of allylic oxidation sites excluding steroid dienone is 2. The number of ether oxygens (including phenoxy) is 1. The Labute approximate surface area is 108 Å². The number of carbonyl (C=O) groups is 2. The minimum absolute atomic E-state index is 0.0189. The lowest BCUT2D eigenvalue weighted by Gasteiger charge is -2.38. The van der Waals surface area contributed by atoms with Crippen LogP contribution in [0.4, 0.5) is 0 Å². The molecule has 3 nitrogen and oxygen atoms in total. The van der Waals surface area contributed by atoms with Crippen molar-refractivity contribution in [2.75, 3.05) is 7.11 Å². The van der Waals surface area contributed by atoms with Gasteiger partial charge in [0.05, 0.1) is 7.11 Å². The van der Waals surface area contributed by atoms with E-state index in [1.54, 1.807) is 6.08 Å². The number of Topliss-reactive ketones (excluding diaryl/α,β-unsaturated/α-hetero) is 1. The molecule has 0 unspecified atom stereocenters. The Kier molecular flexibility index (Phi) is 2.96. The summed E-state index contributed by atoms with van der Waals surface area (Å²) in [6, 6.07) is 0. The fraction of sp³-hybridized carbons (Fsp3) is 0.600. The summed E-state index contributed by atoms with van der Waals surface area (Å²) in [5.41, 5.74) is -0.0877. The largest absolute Gasteiger partial charge is 0.468 e. The van der Waals surface area contributed by atoms with Gasteiger partial charge in [-0.15, -0.1) is 6.58 Å². The summed E-state index contributed by atoms with van der Waals surface area (Å²) in [5, 5.41) is 0. The molecule has 0 N–H and O–H groups in total. The van der Waals surface area contributed by atoms with Crippen molar-refractivity contribution in [1.29, 1.82) is 0 Å². The van der Waals surface area contributed by atoms with Crippen LogP contribution in [0.25, 0.3) is 0 Å². The molecule has 0 radical (unpaired) electrons. The Hall–Kier alpha value is -1.38. The summed E-state index contributed by atoms with van der Waals surface area (Å²) in [4.78, 5) is 24.7. The number of hydrogen-bond acceptors (Lipinski definition) is 3. The predicted molar refractivity (Wildman–Crippen MR) is 68.9 cm³/mol. The smallest absolute Gasteiger partial charge is 0.319 e. The molecule has 18 heavy (non-hydrogen) atoms. The number of esters is 1. The number of methoxy groups -OCH3 is 1. The highest BCUT2D eigenvalue weighted by Crippen LogP contribution is 2.61. The van der Waals surface area contributed by atoms with Crippen LogP contribution in [0.5, 0.6) is 0 Å². The van der Waals surface area contributed by atoms with Crippen LogP contribution in [-0.4, -0.2) is 18.9 Å². The van der Waals surface area contributed by atoms with Gasteiger partial charge < -0.3 is 4.74 Å². The minimum atomic E-state index is -0.980. The Bertz CT molecular complexity index is 437. The maximum atomic E-state index is 12.6. The molecule has 2 fully saturated rings. The lowest BCUT2D eigenvalue weighted by molar-refractivity contribution is -0.162. The van der Waals surface area contributed by atoms with Gasteiger partial charge in [-0.25, -0.2) is 0 Å². The zero-order chi connectivity index (χ0) is 13.6. The number of carbonyl (C=O) groups excluding carboxylic acids is 2. The van der Waals surface area contributed by atoms with Gasteiger partial charge in [0, 0.05) is 5.92 Å². The lowest BCUT2D eigenvalue weighted by atomic mass is 9.63. The van der Waals surface area contributed by atoms with Gasteiger partial charge in [0.2, 0.25) is 0 Å². The van der Waals surface area contributed by atoms with Gasteiger partial charge in [0.1, 0.15) is 5.41 Å². The second-order valence-electron chi connectivity index (χ2n) is 5.88. The molecule has 2 saturated carbocycles. The molecule has 3 atom stereocenters. The molecule has 0 heterocycles. The topological polar surface area (TPSA) is 43.4 Å². The van der Waals surface area contributed by atoms with Crippen molar-refractivity contribution in [3.63, 3.8) is 0 Å². The highest BCUT2D eigenvalue weighted by atomic mass is 16.5. The Morgan fingerprint density at radius 2 is 2.28 bits per heavy atom. The van der Waals surface area contributed by atoms with Gasteiger partial charge in [-0.1, -0.05) is 25.2 Å². The second-order valence-corrected chi connectivity index (χ2v) is 5.88. The summed E-state index contributed by atoms with van der Waals surface area (Å²) in [7, 11) is 1.35. The molecule has 3 heteroatoms. The van der Waals surface area contributed by atoms with Crippen molar-refractivity contribution in [2.24, 2.45) is 16.7 Å². The summed E-state index contributed by atoms with van der Waals surface area (Å²) in [6.07, 6.45) is 4.15. The minimum Gasteiger partial charge on any atom is -0.468 e. The van der Waals surface area contributed by atoms with Crippen molar-refractivity contribution >= 4 is 11.8 Å². The van der Waals surface area contributed by atoms with Crippen LogP contribution in [0.15, 0.2) is 24.8 Å². The molecule has 0 aliphatic heterocycles. The third-order valence-corrected chi connectivity index (χ3v) is 4.63. The van der Waals surface area contributed by atoms with Crippen molar-refractivity contribution in [1.82, 2.24) is 0 Å². The van der Waals surface area contributed by atoms with Crippen molar-refractivity contribution in [3.8, 4) is 0 Å². The summed E-state index contributed by atoms with van der Waals surface area (Å²) < 4.78 is 4.87. The molecule has 98 valence electrons. The molecule has 0 aromatic rings. The molecule has 0 amide bonds. The molecule has 0 saturated heterocycles. The summed E-state index contributed by atoms with van der Waals surface area (Å²) >= 11 is 0. The van der Waals surface area contributed by atoms with Gasteiger partial charge in [-0.3, -0.25) is 9.59 Å². The van der Waals surface area contributed by atoms with E-state index < -0.39 is 11.4 Å². The van der Waals surface area contributed by atoms with E-state index in [1.165, 1.54) is 7.11 Å². The Morgan fingerprint density at radius 1 is 1.61 bits per heavy atom. The Morgan fingerprint density at radius 3 is 2.83 bits per heavy atom. The van der Waals surface area contributed by atoms with Crippen LogP contribution < -0.4 is 0 Å². The van der Waals surface area contributed by atoms with Crippen LogP contribution in [0, 0.1) is 16.7 Å². The van der Waals surface area contributed by atoms with E-state index in [0.717, 1.165) is 12.0 Å². The van der Waals surface area contributed by atoms with E-state index in [9.17, 15) is 9.59 Å². The molecule has 2 aliphatic carbocycles. The predicted octanol–water partition coefficient (Wildman–Crippen LogP) is 2.67. The van der Waals surface area contributed by atoms with E-state index in [-0.39, 0.29) is 17.1 Å². The van der Waals surface area contributed by atoms with Crippen LogP contribution in [0.3, 0.4) is 0 Å². The normalized spacial score (nSPS) is 38.7.